The first-order valence-electron chi connectivity index (χ1n) is 8.63. The van der Waals surface area contributed by atoms with Crippen molar-refractivity contribution in [2.75, 3.05) is 13.1 Å². The van der Waals surface area contributed by atoms with Crippen LogP contribution in [0.2, 0.25) is 0 Å². The molecule has 0 heterocycles. The second-order valence-electron chi connectivity index (χ2n) is 6.43. The van der Waals surface area contributed by atoms with E-state index in [1.807, 2.05) is 30.3 Å². The minimum Gasteiger partial charge on any atom is -0.445 e. The van der Waals surface area contributed by atoms with Gasteiger partial charge in [-0.15, -0.1) is 0 Å². The Kier molecular flexibility index (Phi) is 7.83. The Morgan fingerprint density at radius 1 is 1.19 bits per heavy atom. The molecule has 1 aromatic rings. The van der Waals surface area contributed by atoms with Crippen molar-refractivity contribution in [2.45, 2.75) is 45.0 Å². The van der Waals surface area contributed by atoms with E-state index in [9.17, 15) is 18.3 Å². The van der Waals surface area contributed by atoms with Crippen LogP contribution in [0.4, 0.5) is 4.79 Å². The first-order valence-corrected chi connectivity index (χ1v) is 9.99. The van der Waals surface area contributed by atoms with Crippen molar-refractivity contribution in [1.29, 1.82) is 0 Å². The van der Waals surface area contributed by atoms with Crippen molar-refractivity contribution in [3.8, 4) is 0 Å². The third-order valence-corrected chi connectivity index (χ3v) is 4.74. The summed E-state index contributed by atoms with van der Waals surface area (Å²) >= 11 is 0. The predicted molar refractivity (Wildman–Crippen MR) is 93.4 cm³/mol. The van der Waals surface area contributed by atoms with Crippen molar-refractivity contribution in [1.82, 2.24) is 4.90 Å². The van der Waals surface area contributed by atoms with Crippen LogP contribution in [-0.4, -0.2) is 48.4 Å². The van der Waals surface area contributed by atoms with Crippen LogP contribution in [0.25, 0.3) is 0 Å². The van der Waals surface area contributed by atoms with Crippen molar-refractivity contribution < 1.29 is 31.8 Å². The second-order valence-corrected chi connectivity index (χ2v) is 7.48. The fourth-order valence-electron chi connectivity index (χ4n) is 3.07. The van der Waals surface area contributed by atoms with Gasteiger partial charge in [-0.25, -0.2) is 8.98 Å². The zero-order chi connectivity index (χ0) is 19.0. The zero-order valence-electron chi connectivity index (χ0n) is 14.5. The molecule has 1 aromatic carbocycles. The van der Waals surface area contributed by atoms with E-state index in [0.717, 1.165) is 37.7 Å². The minimum atomic E-state index is -4.81. The molecule has 2 N–H and O–H groups in total. The van der Waals surface area contributed by atoms with Crippen molar-refractivity contribution in [2.24, 2.45) is 5.92 Å². The molecule has 9 heteroatoms. The van der Waals surface area contributed by atoms with E-state index in [1.54, 1.807) is 0 Å². The Morgan fingerprint density at radius 3 is 2.46 bits per heavy atom. The normalized spacial score (nSPS) is 16.8. The molecule has 0 aliphatic heterocycles. The number of ether oxygens (including phenoxy) is 1. The molecular weight excluding hydrogens is 362 g/mol. The summed E-state index contributed by atoms with van der Waals surface area (Å²) in [5.74, 6) is 0.256. The third-order valence-electron chi connectivity index (χ3n) is 4.28. The van der Waals surface area contributed by atoms with Gasteiger partial charge < -0.3 is 14.7 Å². The first kappa shape index (κ1) is 20.6. The maximum absolute atomic E-state index is 12.4. The van der Waals surface area contributed by atoms with Gasteiger partial charge in [0, 0.05) is 6.54 Å². The molecule has 1 unspecified atom stereocenters. The van der Waals surface area contributed by atoms with Gasteiger partial charge >= 0.3 is 16.5 Å². The molecular formula is C17H25NO7S. The van der Waals surface area contributed by atoms with E-state index in [4.69, 9.17) is 9.29 Å². The number of amides is 1. The van der Waals surface area contributed by atoms with E-state index < -0.39 is 29.3 Å². The lowest BCUT2D eigenvalue weighted by Crippen LogP contribution is -2.42. The predicted octanol–water partition coefficient (Wildman–Crippen LogP) is 2.34. The highest BCUT2D eigenvalue weighted by Crippen LogP contribution is 2.25. The van der Waals surface area contributed by atoms with Gasteiger partial charge in [0.05, 0.1) is 6.54 Å². The van der Waals surface area contributed by atoms with Crippen LogP contribution in [-0.2, 0) is 25.9 Å². The molecule has 0 saturated heterocycles. The molecule has 1 saturated carbocycles. The molecule has 1 aliphatic rings. The Hall–Kier alpha value is -1.68. The topological polar surface area (TPSA) is 113 Å². The van der Waals surface area contributed by atoms with E-state index >= 15 is 0 Å². The van der Waals surface area contributed by atoms with Gasteiger partial charge in [0.25, 0.3) is 0 Å². The quantitative estimate of drug-likeness (QED) is 0.520. The maximum Gasteiger partial charge on any atom is 0.410 e. The Balaban J connectivity index is 1.96. The van der Waals surface area contributed by atoms with Gasteiger partial charge in [-0.05, 0) is 24.3 Å². The van der Waals surface area contributed by atoms with Crippen molar-refractivity contribution in [3.05, 3.63) is 35.9 Å². The van der Waals surface area contributed by atoms with Crippen LogP contribution in [0.5, 0.6) is 0 Å². The lowest BCUT2D eigenvalue weighted by atomic mass is 9.89. The van der Waals surface area contributed by atoms with Gasteiger partial charge in [0.2, 0.25) is 0 Å². The molecule has 0 aromatic heterocycles. The number of benzene rings is 1. The molecule has 8 nitrogen and oxygen atoms in total. The molecule has 0 spiro atoms. The highest BCUT2D eigenvalue weighted by molar-refractivity contribution is 7.80. The van der Waals surface area contributed by atoms with Crippen molar-refractivity contribution in [3.63, 3.8) is 0 Å². The summed E-state index contributed by atoms with van der Waals surface area (Å²) in [4.78, 5) is 13.6. The fraction of sp³-hybridized carbons (Fsp3) is 0.588. The average Bonchev–Trinajstić information content (AvgIpc) is 2.59. The smallest absolute Gasteiger partial charge is 0.410 e. The highest BCUT2D eigenvalue weighted by atomic mass is 32.3. The summed E-state index contributed by atoms with van der Waals surface area (Å²) in [5, 5.41) is 9.71. The fourth-order valence-corrected chi connectivity index (χ4v) is 3.42. The molecule has 0 bridgehead atoms. The largest absolute Gasteiger partial charge is 0.445 e. The van der Waals surface area contributed by atoms with Gasteiger partial charge in [-0.1, -0.05) is 49.6 Å². The summed E-state index contributed by atoms with van der Waals surface area (Å²) in [6, 6.07) is 9.13. The van der Waals surface area contributed by atoms with Crippen molar-refractivity contribution >= 4 is 16.5 Å². The number of hydrogen-bond donors (Lipinski definition) is 2. The molecule has 1 aliphatic carbocycles. The Morgan fingerprint density at radius 2 is 1.85 bits per heavy atom. The molecule has 1 amide bonds. The van der Waals surface area contributed by atoms with Crippen LogP contribution in [0, 0.1) is 5.92 Å². The Labute approximate surface area is 153 Å². The third kappa shape index (κ3) is 7.69. The van der Waals surface area contributed by atoms with Crippen LogP contribution < -0.4 is 0 Å². The summed E-state index contributed by atoms with van der Waals surface area (Å²) in [6.45, 7) is -0.0144. The zero-order valence-corrected chi connectivity index (χ0v) is 15.3. The standard InChI is InChI=1S/C17H25NO7S/c19-16(25-26(21,22)23)12-18(11-14-7-3-1-4-8-14)17(20)24-13-15-9-5-2-6-10-15/h2,5-6,9-10,14,16,19H,1,3-4,7-8,11-13H2,(H,21,22,23). The van der Waals surface area contributed by atoms with Gasteiger partial charge in [-0.2, -0.15) is 8.42 Å². The van der Waals surface area contributed by atoms with Crippen LogP contribution in [0.15, 0.2) is 30.3 Å². The number of rotatable bonds is 8. The van der Waals surface area contributed by atoms with Gasteiger partial charge in [0.15, 0.2) is 6.29 Å². The van der Waals surface area contributed by atoms with Gasteiger partial charge in [0.1, 0.15) is 6.61 Å². The number of aliphatic hydroxyl groups excluding tert-OH is 1. The summed E-state index contributed by atoms with van der Waals surface area (Å²) < 4.78 is 39.5. The molecule has 0 radical (unpaired) electrons. The van der Waals surface area contributed by atoms with Crippen LogP contribution in [0.1, 0.15) is 37.7 Å². The molecule has 2 rings (SSSR count). The summed E-state index contributed by atoms with van der Waals surface area (Å²) in [5.41, 5.74) is 0.813. The van der Waals surface area contributed by atoms with Crippen LogP contribution >= 0.6 is 0 Å². The highest BCUT2D eigenvalue weighted by Gasteiger charge is 2.26. The average molecular weight is 387 g/mol. The lowest BCUT2D eigenvalue weighted by Gasteiger charge is -2.30. The number of hydrogen-bond acceptors (Lipinski definition) is 6. The summed E-state index contributed by atoms with van der Waals surface area (Å²) in [7, 11) is -4.81. The van der Waals surface area contributed by atoms with E-state index in [1.165, 1.54) is 4.90 Å². The van der Waals surface area contributed by atoms with E-state index in [2.05, 4.69) is 4.18 Å². The lowest BCUT2D eigenvalue weighted by molar-refractivity contribution is -0.0448. The first-order chi connectivity index (χ1) is 12.3. The number of carbonyl (C=O) groups excluding carboxylic acids is 1. The molecule has 146 valence electrons. The van der Waals surface area contributed by atoms with E-state index in [-0.39, 0.29) is 12.5 Å². The van der Waals surface area contributed by atoms with E-state index in [0.29, 0.717) is 6.54 Å². The molecule has 1 fully saturated rings. The molecule has 1 atom stereocenters. The maximum atomic E-state index is 12.4. The SMILES string of the molecule is O=C(OCc1ccccc1)N(CC1CCCCC1)CC(O)OS(=O)(=O)O. The van der Waals surface area contributed by atoms with Crippen LogP contribution in [0.3, 0.4) is 0 Å². The monoisotopic (exact) mass is 387 g/mol. The number of aliphatic hydroxyl groups is 1. The second kappa shape index (κ2) is 9.86. The Bertz CT molecular complexity index is 659. The molecule has 26 heavy (non-hydrogen) atoms. The number of carbonyl (C=O) groups is 1. The minimum absolute atomic E-state index is 0.0656. The number of nitrogens with zero attached hydrogens (tertiary/aromatic N) is 1. The van der Waals surface area contributed by atoms with Gasteiger partial charge in [-0.3, -0.25) is 4.55 Å². The summed E-state index contributed by atoms with van der Waals surface area (Å²) in [6.07, 6.45) is 2.68.